The molecule has 0 bridgehead atoms. The van der Waals surface area contributed by atoms with Gasteiger partial charge in [-0.25, -0.2) is 0 Å². The van der Waals surface area contributed by atoms with Gasteiger partial charge >= 0.3 is 0 Å². The van der Waals surface area contributed by atoms with E-state index in [9.17, 15) is 4.79 Å². The highest BCUT2D eigenvalue weighted by Gasteiger charge is 2.08. The molecule has 1 heterocycles. The molecule has 3 rings (SSSR count). The van der Waals surface area contributed by atoms with E-state index in [2.05, 4.69) is 36.3 Å². The summed E-state index contributed by atoms with van der Waals surface area (Å²) in [6.45, 7) is 6.66. The van der Waals surface area contributed by atoms with Gasteiger partial charge in [-0.2, -0.15) is 0 Å². The lowest BCUT2D eigenvalue weighted by atomic mass is 10.1. The Balaban J connectivity index is 1.93. The van der Waals surface area contributed by atoms with Crippen molar-refractivity contribution in [3.8, 4) is 0 Å². The summed E-state index contributed by atoms with van der Waals surface area (Å²) in [5.41, 5.74) is 6.24. The number of aromatic nitrogens is 1. The van der Waals surface area contributed by atoms with E-state index in [-0.39, 0.29) is 5.43 Å². The van der Waals surface area contributed by atoms with Gasteiger partial charge in [-0.1, -0.05) is 18.2 Å². The molecule has 0 saturated heterocycles. The van der Waals surface area contributed by atoms with E-state index < -0.39 is 0 Å². The van der Waals surface area contributed by atoms with Crippen molar-refractivity contribution in [2.24, 2.45) is 0 Å². The minimum absolute atomic E-state index is 0.100. The third-order valence-corrected chi connectivity index (χ3v) is 4.20. The first-order chi connectivity index (χ1) is 10.6. The summed E-state index contributed by atoms with van der Waals surface area (Å²) in [6, 6.07) is 13.9. The molecule has 0 aliphatic heterocycles. The van der Waals surface area contributed by atoms with Gasteiger partial charge in [0.2, 0.25) is 0 Å². The number of para-hydroxylation sites is 1. The van der Waals surface area contributed by atoms with Crippen LogP contribution < -0.4 is 10.7 Å². The van der Waals surface area contributed by atoms with Gasteiger partial charge in [0, 0.05) is 34.4 Å². The lowest BCUT2D eigenvalue weighted by Gasteiger charge is -2.11. The van der Waals surface area contributed by atoms with Crippen LogP contribution in [0.5, 0.6) is 0 Å². The van der Waals surface area contributed by atoms with Crippen LogP contribution in [0.15, 0.2) is 47.3 Å². The third kappa shape index (κ3) is 2.62. The first-order valence-corrected chi connectivity index (χ1v) is 7.48. The average molecular weight is 292 g/mol. The van der Waals surface area contributed by atoms with E-state index in [0.29, 0.717) is 6.54 Å². The normalized spacial score (nSPS) is 10.9. The minimum atomic E-state index is 0.100. The van der Waals surface area contributed by atoms with Gasteiger partial charge in [0.1, 0.15) is 0 Å². The molecular weight excluding hydrogens is 272 g/mol. The molecule has 0 atom stereocenters. The van der Waals surface area contributed by atoms with Crippen LogP contribution in [0.4, 0.5) is 5.69 Å². The molecule has 0 spiro atoms. The largest absolute Gasteiger partial charge is 0.381 e. The van der Waals surface area contributed by atoms with Crippen LogP contribution in [-0.4, -0.2) is 4.98 Å². The molecule has 3 nitrogen and oxygen atoms in total. The predicted molar refractivity (Wildman–Crippen MR) is 92.5 cm³/mol. The Kier molecular flexibility index (Phi) is 3.72. The Hall–Kier alpha value is -2.55. The van der Waals surface area contributed by atoms with E-state index in [0.717, 1.165) is 27.8 Å². The maximum absolute atomic E-state index is 12.6. The van der Waals surface area contributed by atoms with Crippen LogP contribution in [0.25, 0.3) is 10.9 Å². The molecule has 3 aromatic rings. The summed E-state index contributed by atoms with van der Waals surface area (Å²) in [4.78, 5) is 15.9. The molecule has 112 valence electrons. The molecule has 0 radical (unpaired) electrons. The van der Waals surface area contributed by atoms with Crippen LogP contribution >= 0.6 is 0 Å². The van der Waals surface area contributed by atoms with Gasteiger partial charge in [0.05, 0.1) is 0 Å². The summed E-state index contributed by atoms with van der Waals surface area (Å²) in [5, 5.41) is 4.10. The molecule has 0 aliphatic carbocycles. The van der Waals surface area contributed by atoms with Crippen molar-refractivity contribution < 1.29 is 0 Å². The number of rotatable bonds is 3. The number of fused-ring (bicyclic) bond motifs is 1. The Morgan fingerprint density at radius 3 is 2.55 bits per heavy atom. The fourth-order valence-corrected chi connectivity index (χ4v) is 2.66. The number of nitrogens with one attached hydrogen (secondary N) is 2. The van der Waals surface area contributed by atoms with E-state index in [1.165, 1.54) is 11.1 Å². The van der Waals surface area contributed by atoms with Crippen molar-refractivity contribution in [2.45, 2.75) is 27.3 Å². The average Bonchev–Trinajstić information content (AvgIpc) is 2.50. The van der Waals surface area contributed by atoms with E-state index in [1.54, 1.807) is 0 Å². The maximum atomic E-state index is 12.6. The molecular formula is C19H20N2O. The monoisotopic (exact) mass is 292 g/mol. The standard InChI is InChI=1S/C19H20N2O/c1-12-8-9-15(10-13(12)2)20-11-17-14(3)21-18-7-5-4-6-16(18)19(17)22/h4-10,20H,11H2,1-3H3,(H,21,22). The summed E-state index contributed by atoms with van der Waals surface area (Å²) in [7, 11) is 0. The first kappa shape index (κ1) is 14.4. The van der Waals surface area contributed by atoms with Gasteiger partial charge in [-0.3, -0.25) is 4.79 Å². The number of hydrogen-bond acceptors (Lipinski definition) is 2. The maximum Gasteiger partial charge on any atom is 0.194 e. The fraction of sp³-hybridized carbons (Fsp3) is 0.211. The number of aryl methyl sites for hydroxylation is 3. The molecule has 22 heavy (non-hydrogen) atoms. The molecule has 1 aromatic heterocycles. The van der Waals surface area contributed by atoms with E-state index >= 15 is 0 Å². The number of pyridine rings is 1. The summed E-state index contributed by atoms with van der Waals surface area (Å²) in [6.07, 6.45) is 0. The van der Waals surface area contributed by atoms with Crippen LogP contribution in [-0.2, 0) is 6.54 Å². The zero-order chi connectivity index (χ0) is 15.7. The van der Waals surface area contributed by atoms with Crippen LogP contribution in [0, 0.1) is 20.8 Å². The van der Waals surface area contributed by atoms with Crippen LogP contribution in [0.2, 0.25) is 0 Å². The fourth-order valence-electron chi connectivity index (χ4n) is 2.66. The number of H-pyrrole nitrogens is 1. The van der Waals surface area contributed by atoms with Crippen molar-refractivity contribution in [1.29, 1.82) is 0 Å². The molecule has 0 unspecified atom stereocenters. The smallest absolute Gasteiger partial charge is 0.194 e. The molecule has 3 heteroatoms. The number of hydrogen-bond donors (Lipinski definition) is 2. The van der Waals surface area contributed by atoms with Crippen LogP contribution in [0.3, 0.4) is 0 Å². The lowest BCUT2D eigenvalue weighted by molar-refractivity contribution is 1.06. The van der Waals surface area contributed by atoms with Crippen molar-refractivity contribution in [1.82, 2.24) is 4.98 Å². The highest BCUT2D eigenvalue weighted by atomic mass is 16.1. The molecule has 2 N–H and O–H groups in total. The van der Waals surface area contributed by atoms with E-state index in [4.69, 9.17) is 0 Å². The summed E-state index contributed by atoms with van der Waals surface area (Å²) >= 11 is 0. The van der Waals surface area contributed by atoms with Crippen molar-refractivity contribution in [3.05, 3.63) is 75.1 Å². The van der Waals surface area contributed by atoms with Gasteiger partial charge in [-0.15, -0.1) is 0 Å². The quantitative estimate of drug-likeness (QED) is 0.764. The van der Waals surface area contributed by atoms with Gasteiger partial charge in [-0.05, 0) is 56.2 Å². The van der Waals surface area contributed by atoms with Crippen molar-refractivity contribution >= 4 is 16.6 Å². The number of aromatic amines is 1. The molecule has 0 saturated carbocycles. The molecule has 0 aliphatic rings. The number of anilines is 1. The Morgan fingerprint density at radius 1 is 1.00 bits per heavy atom. The molecule has 2 aromatic carbocycles. The topological polar surface area (TPSA) is 44.9 Å². The SMILES string of the molecule is Cc1ccc(NCc2c(C)[nH]c3ccccc3c2=O)cc1C. The molecule has 0 fully saturated rings. The van der Waals surface area contributed by atoms with Gasteiger partial charge < -0.3 is 10.3 Å². The highest BCUT2D eigenvalue weighted by Crippen LogP contribution is 2.16. The number of benzene rings is 2. The second-order valence-electron chi connectivity index (χ2n) is 5.76. The predicted octanol–water partition coefficient (Wildman–Crippen LogP) is 4.07. The van der Waals surface area contributed by atoms with Gasteiger partial charge in [0.15, 0.2) is 5.43 Å². The Morgan fingerprint density at radius 2 is 1.77 bits per heavy atom. The lowest BCUT2D eigenvalue weighted by Crippen LogP contribution is -2.16. The Labute approximate surface area is 130 Å². The summed E-state index contributed by atoms with van der Waals surface area (Å²) in [5.74, 6) is 0. The second-order valence-corrected chi connectivity index (χ2v) is 5.76. The van der Waals surface area contributed by atoms with E-state index in [1.807, 2.05) is 37.3 Å². The van der Waals surface area contributed by atoms with Crippen molar-refractivity contribution in [3.63, 3.8) is 0 Å². The first-order valence-electron chi connectivity index (χ1n) is 7.48. The molecule has 0 amide bonds. The minimum Gasteiger partial charge on any atom is -0.381 e. The zero-order valence-electron chi connectivity index (χ0n) is 13.2. The zero-order valence-corrected chi connectivity index (χ0v) is 13.2. The Bertz CT molecular complexity index is 894. The third-order valence-electron chi connectivity index (χ3n) is 4.20. The highest BCUT2D eigenvalue weighted by molar-refractivity contribution is 5.79. The van der Waals surface area contributed by atoms with Crippen molar-refractivity contribution in [2.75, 3.05) is 5.32 Å². The van der Waals surface area contributed by atoms with Gasteiger partial charge in [0.25, 0.3) is 0 Å². The van der Waals surface area contributed by atoms with Crippen LogP contribution in [0.1, 0.15) is 22.4 Å². The second kappa shape index (κ2) is 5.68. The summed E-state index contributed by atoms with van der Waals surface area (Å²) < 4.78 is 0.